The van der Waals surface area contributed by atoms with Gasteiger partial charge in [0.2, 0.25) is 0 Å². The van der Waals surface area contributed by atoms with Gasteiger partial charge in [-0.2, -0.15) is 24.3 Å². The minimum absolute atomic E-state index is 0. The van der Waals surface area contributed by atoms with E-state index in [1.54, 1.807) is 12.5 Å². The van der Waals surface area contributed by atoms with Gasteiger partial charge in [0.25, 0.3) is 0 Å². The summed E-state index contributed by atoms with van der Waals surface area (Å²) in [6.07, 6.45) is 3.51. The molecule has 0 N–H and O–H groups in total. The number of aryl methyl sites for hydroxylation is 2. The maximum atomic E-state index is 5.92. The Labute approximate surface area is 244 Å². The number of furan rings is 2. The first-order valence-electron chi connectivity index (χ1n) is 12.8. The van der Waals surface area contributed by atoms with E-state index in [0.717, 1.165) is 11.0 Å². The quantitative estimate of drug-likeness (QED) is 0.109. The third-order valence-corrected chi connectivity index (χ3v) is 12.0. The predicted molar refractivity (Wildman–Crippen MR) is 164 cm³/mol. The Morgan fingerprint density at radius 3 is 1.64 bits per heavy atom. The van der Waals surface area contributed by atoms with Crippen LogP contribution >= 0.6 is 15.8 Å². The average molecular weight is 590 g/mol. The third kappa shape index (κ3) is 6.63. The van der Waals surface area contributed by atoms with Crippen molar-refractivity contribution < 1.29 is 25.9 Å². The summed E-state index contributed by atoms with van der Waals surface area (Å²) in [5.41, 5.74) is 6.36. The summed E-state index contributed by atoms with van der Waals surface area (Å²) in [6, 6.07) is 42.5. The van der Waals surface area contributed by atoms with Crippen LogP contribution < -0.4 is 26.9 Å². The van der Waals surface area contributed by atoms with E-state index in [4.69, 9.17) is 8.83 Å². The van der Waals surface area contributed by atoms with E-state index in [1.165, 1.54) is 32.6 Å². The molecule has 39 heavy (non-hydrogen) atoms. The van der Waals surface area contributed by atoms with Gasteiger partial charge in [-0.3, -0.25) is 0 Å². The van der Waals surface area contributed by atoms with Crippen molar-refractivity contribution in [2.45, 2.75) is 26.4 Å². The summed E-state index contributed by atoms with van der Waals surface area (Å²) in [6.45, 7) is 6.86. The van der Waals surface area contributed by atoms with E-state index in [2.05, 4.69) is 99.6 Å². The second-order valence-corrected chi connectivity index (χ2v) is 13.7. The molecule has 4 aromatic carbocycles. The molecule has 1 atom stereocenters. The molecular formula is C34H32FeO2P2. The van der Waals surface area contributed by atoms with Crippen molar-refractivity contribution in [3.05, 3.63) is 151 Å². The molecule has 0 bridgehead atoms. The molecule has 6 aromatic rings. The Morgan fingerprint density at radius 2 is 1.21 bits per heavy atom. The van der Waals surface area contributed by atoms with Crippen molar-refractivity contribution in [2.75, 3.05) is 0 Å². The van der Waals surface area contributed by atoms with Gasteiger partial charge in [-0.05, 0) is 73.4 Å². The van der Waals surface area contributed by atoms with E-state index in [9.17, 15) is 0 Å². The van der Waals surface area contributed by atoms with Crippen LogP contribution in [0.2, 0.25) is 0 Å². The SMILES string of the molecule is Cc1ccccc1P(c1ccccc1C)[C@H](C)[c-]1cccc1P(c1ccco1)c1ccco1.[Fe+2].c1cc[cH-]c1. The largest absolute Gasteiger partial charge is 2.00 e. The second-order valence-electron chi connectivity index (χ2n) is 9.19. The number of rotatable bonds is 7. The zero-order valence-corrected chi connectivity index (χ0v) is 25.2. The normalized spacial score (nSPS) is 11.6. The maximum absolute atomic E-state index is 5.92. The molecule has 0 amide bonds. The molecular weight excluding hydrogens is 558 g/mol. The van der Waals surface area contributed by atoms with Crippen LogP contribution in [0.3, 0.4) is 0 Å². The van der Waals surface area contributed by atoms with Crippen molar-refractivity contribution in [3.8, 4) is 0 Å². The first-order valence-corrected chi connectivity index (χ1v) is 15.6. The van der Waals surface area contributed by atoms with E-state index in [1.807, 2.05) is 42.5 Å². The van der Waals surface area contributed by atoms with Gasteiger partial charge < -0.3 is 8.83 Å². The van der Waals surface area contributed by atoms with Crippen molar-refractivity contribution in [1.29, 1.82) is 0 Å². The number of benzene rings is 2. The second kappa shape index (κ2) is 13.9. The number of hydrogen-bond donors (Lipinski definition) is 0. The summed E-state index contributed by atoms with van der Waals surface area (Å²) in [7, 11) is -1.50. The monoisotopic (exact) mass is 590 g/mol. The molecule has 2 aromatic heterocycles. The number of hydrogen-bond acceptors (Lipinski definition) is 2. The summed E-state index contributed by atoms with van der Waals surface area (Å²) in [4.78, 5) is 0. The first kappa shape index (κ1) is 29.1. The van der Waals surface area contributed by atoms with Crippen LogP contribution in [0.25, 0.3) is 0 Å². The van der Waals surface area contributed by atoms with Gasteiger partial charge in [-0.15, -0.1) is 10.9 Å². The summed E-state index contributed by atoms with van der Waals surface area (Å²) < 4.78 is 11.8. The molecule has 0 spiro atoms. The maximum Gasteiger partial charge on any atom is 2.00 e. The Bertz CT molecular complexity index is 1420. The molecule has 5 heteroatoms. The van der Waals surface area contributed by atoms with E-state index in [0.29, 0.717) is 5.66 Å². The Hall–Kier alpha value is -2.92. The van der Waals surface area contributed by atoms with E-state index >= 15 is 0 Å². The molecule has 6 rings (SSSR count). The van der Waals surface area contributed by atoms with E-state index < -0.39 is 15.8 Å². The topological polar surface area (TPSA) is 26.3 Å². The van der Waals surface area contributed by atoms with Gasteiger partial charge in [0.15, 0.2) is 0 Å². The summed E-state index contributed by atoms with van der Waals surface area (Å²) in [5, 5.41) is 4.21. The molecule has 2 heterocycles. The van der Waals surface area contributed by atoms with Crippen molar-refractivity contribution in [3.63, 3.8) is 0 Å². The zero-order valence-electron chi connectivity index (χ0n) is 22.3. The molecule has 0 unspecified atom stereocenters. The molecule has 0 aliphatic heterocycles. The van der Waals surface area contributed by atoms with Crippen LogP contribution in [0, 0.1) is 13.8 Å². The van der Waals surface area contributed by atoms with Crippen molar-refractivity contribution >= 4 is 42.8 Å². The van der Waals surface area contributed by atoms with Crippen molar-refractivity contribution in [2.24, 2.45) is 0 Å². The molecule has 0 fully saturated rings. The van der Waals surface area contributed by atoms with Gasteiger partial charge in [0.05, 0.1) is 12.5 Å². The molecule has 0 radical (unpaired) electrons. The Morgan fingerprint density at radius 1 is 0.667 bits per heavy atom. The van der Waals surface area contributed by atoms with Crippen LogP contribution in [0.1, 0.15) is 29.3 Å². The fraction of sp³-hybridized carbons (Fsp3) is 0.118. The first-order chi connectivity index (χ1) is 18.6. The Kier molecular flexibility index (Phi) is 10.4. The molecule has 198 valence electrons. The molecule has 0 saturated carbocycles. The van der Waals surface area contributed by atoms with Gasteiger partial charge in [-0.25, -0.2) is 24.3 Å². The molecule has 0 aliphatic rings. The Balaban J connectivity index is 0.000000530. The van der Waals surface area contributed by atoms with E-state index in [-0.39, 0.29) is 17.1 Å². The minimum Gasteiger partial charge on any atom is -0.464 e. The van der Waals surface area contributed by atoms with Crippen LogP contribution in [-0.4, -0.2) is 0 Å². The zero-order chi connectivity index (χ0) is 26.3. The summed E-state index contributed by atoms with van der Waals surface area (Å²) in [5.74, 6) is 0. The van der Waals surface area contributed by atoms with Crippen LogP contribution in [-0.2, 0) is 17.1 Å². The average Bonchev–Trinajstić information content (AvgIpc) is 3.77. The molecule has 0 saturated heterocycles. The smallest absolute Gasteiger partial charge is 0.464 e. The van der Waals surface area contributed by atoms with Crippen LogP contribution in [0.4, 0.5) is 0 Å². The molecule has 2 nitrogen and oxygen atoms in total. The van der Waals surface area contributed by atoms with Gasteiger partial charge in [-0.1, -0.05) is 55.5 Å². The van der Waals surface area contributed by atoms with Gasteiger partial charge >= 0.3 is 17.1 Å². The summed E-state index contributed by atoms with van der Waals surface area (Å²) >= 11 is 0. The predicted octanol–water partition coefficient (Wildman–Crippen LogP) is 7.56. The standard InChI is InChI=1S/C29H27O2P2.C5H5.Fe/c1-21-11-4-6-14-25(21)32(26-15-7-5-12-22(26)2)23(3)24-13-8-16-27(24)33(28-17-9-19-30-28)29-18-10-20-31-29;1-2-4-5-3-1;/h4-20,23H,1-3H3;1-5H;/q2*-1;+2/t23-;;/m1../s1. The third-order valence-electron chi connectivity index (χ3n) is 6.66. The van der Waals surface area contributed by atoms with Crippen molar-refractivity contribution in [1.82, 2.24) is 0 Å². The minimum atomic E-state index is -0.889. The fourth-order valence-corrected chi connectivity index (χ4v) is 10.2. The van der Waals surface area contributed by atoms with Gasteiger partial charge in [0.1, 0.15) is 11.0 Å². The molecule has 0 aliphatic carbocycles. The van der Waals surface area contributed by atoms with Crippen LogP contribution in [0.5, 0.6) is 0 Å². The van der Waals surface area contributed by atoms with Crippen LogP contribution in [0.15, 0.2) is 143 Å². The van der Waals surface area contributed by atoms with Gasteiger partial charge in [0, 0.05) is 7.92 Å². The fourth-order valence-electron chi connectivity index (χ4n) is 4.80.